The van der Waals surface area contributed by atoms with Gasteiger partial charge in [0.15, 0.2) is 11.6 Å². The Labute approximate surface area is 93.7 Å². The standard InChI is InChI=1S/C11H13ClFNO/c1-14-7-3-4-8-9(12)5-6-10(15-2)11(8)13/h3-6,14H,7H2,1-2H3. The highest BCUT2D eigenvalue weighted by molar-refractivity contribution is 6.32. The van der Waals surface area contributed by atoms with Gasteiger partial charge in [0.05, 0.1) is 12.1 Å². The molecule has 0 aliphatic rings. The van der Waals surface area contributed by atoms with Crippen LogP contribution in [0.4, 0.5) is 4.39 Å². The first-order chi connectivity index (χ1) is 7.20. The van der Waals surface area contributed by atoms with Crippen molar-refractivity contribution in [3.63, 3.8) is 0 Å². The lowest BCUT2D eigenvalue weighted by atomic mass is 10.2. The summed E-state index contributed by atoms with van der Waals surface area (Å²) in [6.45, 7) is 0.660. The third-order valence-electron chi connectivity index (χ3n) is 1.92. The van der Waals surface area contributed by atoms with Gasteiger partial charge in [0.25, 0.3) is 0 Å². The lowest BCUT2D eigenvalue weighted by molar-refractivity contribution is 0.386. The molecule has 1 rings (SSSR count). The molecule has 1 aromatic carbocycles. The van der Waals surface area contributed by atoms with Crippen LogP contribution in [-0.4, -0.2) is 20.7 Å². The van der Waals surface area contributed by atoms with Gasteiger partial charge in [-0.05, 0) is 19.2 Å². The molecular formula is C11H13ClFNO. The fourth-order valence-corrected chi connectivity index (χ4v) is 1.36. The Morgan fingerprint density at radius 1 is 1.53 bits per heavy atom. The molecule has 0 atom stereocenters. The Morgan fingerprint density at radius 2 is 2.27 bits per heavy atom. The summed E-state index contributed by atoms with van der Waals surface area (Å²) < 4.78 is 18.5. The number of nitrogens with one attached hydrogen (secondary N) is 1. The van der Waals surface area contributed by atoms with Crippen LogP contribution in [0.2, 0.25) is 5.02 Å². The van der Waals surface area contributed by atoms with Gasteiger partial charge in [-0.15, -0.1) is 0 Å². The number of methoxy groups -OCH3 is 1. The van der Waals surface area contributed by atoms with Crippen LogP contribution in [-0.2, 0) is 0 Å². The summed E-state index contributed by atoms with van der Waals surface area (Å²) in [5.74, 6) is -0.235. The molecule has 0 bridgehead atoms. The molecule has 0 aromatic heterocycles. The van der Waals surface area contributed by atoms with Crippen molar-refractivity contribution in [1.82, 2.24) is 5.32 Å². The molecule has 0 fully saturated rings. The molecule has 0 aliphatic carbocycles. The molecule has 1 N–H and O–H groups in total. The van der Waals surface area contributed by atoms with Crippen molar-refractivity contribution >= 4 is 17.7 Å². The van der Waals surface area contributed by atoms with E-state index in [2.05, 4.69) is 5.32 Å². The Bertz CT molecular complexity index is 366. The maximum Gasteiger partial charge on any atom is 0.173 e. The molecule has 0 saturated heterocycles. The minimum absolute atomic E-state index is 0.198. The number of halogens is 2. The number of hydrogen-bond acceptors (Lipinski definition) is 2. The molecule has 0 radical (unpaired) electrons. The fourth-order valence-electron chi connectivity index (χ4n) is 1.15. The zero-order valence-corrected chi connectivity index (χ0v) is 9.44. The molecular weight excluding hydrogens is 217 g/mol. The quantitative estimate of drug-likeness (QED) is 0.857. The summed E-state index contributed by atoms with van der Waals surface area (Å²) in [6, 6.07) is 3.12. The molecule has 0 heterocycles. The van der Waals surface area contributed by atoms with Gasteiger partial charge in [-0.2, -0.15) is 0 Å². The zero-order valence-electron chi connectivity index (χ0n) is 8.68. The van der Waals surface area contributed by atoms with E-state index in [1.165, 1.54) is 13.2 Å². The largest absolute Gasteiger partial charge is 0.494 e. The van der Waals surface area contributed by atoms with Crippen LogP contribution >= 0.6 is 11.6 Å². The first-order valence-corrected chi connectivity index (χ1v) is 4.91. The normalized spacial score (nSPS) is 10.9. The van der Waals surface area contributed by atoms with E-state index in [9.17, 15) is 4.39 Å². The molecule has 0 unspecified atom stereocenters. The molecule has 15 heavy (non-hydrogen) atoms. The molecule has 2 nitrogen and oxygen atoms in total. The second kappa shape index (κ2) is 5.73. The minimum atomic E-state index is -0.433. The molecule has 0 saturated carbocycles. The van der Waals surface area contributed by atoms with Crippen molar-refractivity contribution < 1.29 is 9.13 Å². The smallest absolute Gasteiger partial charge is 0.173 e. The van der Waals surface area contributed by atoms with E-state index in [0.29, 0.717) is 17.1 Å². The van der Waals surface area contributed by atoms with Crippen LogP contribution in [0.5, 0.6) is 5.75 Å². The Morgan fingerprint density at radius 3 is 2.87 bits per heavy atom. The van der Waals surface area contributed by atoms with Crippen molar-refractivity contribution in [2.24, 2.45) is 0 Å². The average Bonchev–Trinajstić information content (AvgIpc) is 2.23. The van der Waals surface area contributed by atoms with E-state index in [4.69, 9.17) is 16.3 Å². The lowest BCUT2D eigenvalue weighted by Crippen LogP contribution is -2.03. The zero-order chi connectivity index (χ0) is 11.3. The van der Waals surface area contributed by atoms with Gasteiger partial charge < -0.3 is 10.1 Å². The number of rotatable bonds is 4. The second-order valence-electron chi connectivity index (χ2n) is 2.94. The minimum Gasteiger partial charge on any atom is -0.494 e. The fraction of sp³-hybridized carbons (Fsp3) is 0.273. The van der Waals surface area contributed by atoms with Crippen LogP contribution in [0, 0.1) is 5.82 Å². The van der Waals surface area contributed by atoms with Crippen LogP contribution in [0.25, 0.3) is 6.08 Å². The number of hydrogen-bond donors (Lipinski definition) is 1. The molecule has 0 aliphatic heterocycles. The predicted molar refractivity (Wildman–Crippen MR) is 60.9 cm³/mol. The van der Waals surface area contributed by atoms with Crippen LogP contribution in [0.1, 0.15) is 5.56 Å². The van der Waals surface area contributed by atoms with Crippen molar-refractivity contribution in [2.45, 2.75) is 0 Å². The summed E-state index contributed by atoms with van der Waals surface area (Å²) in [5.41, 5.74) is 0.353. The topological polar surface area (TPSA) is 21.3 Å². The van der Waals surface area contributed by atoms with E-state index in [1.54, 1.807) is 18.2 Å². The van der Waals surface area contributed by atoms with Crippen molar-refractivity contribution in [1.29, 1.82) is 0 Å². The van der Waals surface area contributed by atoms with E-state index < -0.39 is 5.82 Å². The summed E-state index contributed by atoms with van der Waals surface area (Å²) in [7, 11) is 3.24. The van der Waals surface area contributed by atoms with Gasteiger partial charge >= 0.3 is 0 Å². The van der Waals surface area contributed by atoms with Gasteiger partial charge in [0.2, 0.25) is 0 Å². The van der Waals surface area contributed by atoms with Gasteiger partial charge in [0.1, 0.15) is 0 Å². The van der Waals surface area contributed by atoms with Crippen LogP contribution in [0.15, 0.2) is 18.2 Å². The Hall–Kier alpha value is -1.06. The van der Waals surface area contributed by atoms with Gasteiger partial charge in [-0.1, -0.05) is 23.8 Å². The average molecular weight is 230 g/mol. The Kier molecular flexibility index (Phi) is 4.59. The maximum atomic E-state index is 13.7. The molecule has 4 heteroatoms. The highest BCUT2D eigenvalue weighted by Gasteiger charge is 2.09. The summed E-state index contributed by atoms with van der Waals surface area (Å²) >= 11 is 5.87. The lowest BCUT2D eigenvalue weighted by Gasteiger charge is -2.05. The first-order valence-electron chi connectivity index (χ1n) is 4.53. The van der Waals surface area contributed by atoms with Gasteiger partial charge in [0, 0.05) is 12.1 Å². The number of benzene rings is 1. The van der Waals surface area contributed by atoms with Crippen LogP contribution in [0.3, 0.4) is 0 Å². The van der Waals surface area contributed by atoms with E-state index >= 15 is 0 Å². The monoisotopic (exact) mass is 229 g/mol. The van der Waals surface area contributed by atoms with Gasteiger partial charge in [-0.25, -0.2) is 4.39 Å². The highest BCUT2D eigenvalue weighted by Crippen LogP contribution is 2.27. The molecule has 0 spiro atoms. The third-order valence-corrected chi connectivity index (χ3v) is 2.25. The SMILES string of the molecule is CNCC=Cc1c(Cl)ccc(OC)c1F. The predicted octanol–water partition coefficient (Wildman–Crippen LogP) is 2.72. The van der Waals surface area contributed by atoms with E-state index in [1.807, 2.05) is 7.05 Å². The van der Waals surface area contributed by atoms with Gasteiger partial charge in [-0.3, -0.25) is 0 Å². The highest BCUT2D eigenvalue weighted by atomic mass is 35.5. The van der Waals surface area contributed by atoms with E-state index in [0.717, 1.165) is 0 Å². The first kappa shape index (κ1) is 12.0. The number of ether oxygens (including phenoxy) is 1. The molecule has 82 valence electrons. The van der Waals surface area contributed by atoms with Crippen LogP contribution < -0.4 is 10.1 Å². The molecule has 1 aromatic rings. The summed E-state index contributed by atoms with van der Waals surface area (Å²) in [4.78, 5) is 0. The maximum absolute atomic E-state index is 13.7. The van der Waals surface area contributed by atoms with E-state index in [-0.39, 0.29) is 5.75 Å². The molecule has 0 amide bonds. The van der Waals surface area contributed by atoms with Crippen molar-refractivity contribution in [3.05, 3.63) is 34.6 Å². The number of likely N-dealkylation sites (N-methyl/N-ethyl adjacent to an activating group) is 1. The summed E-state index contributed by atoms with van der Waals surface area (Å²) in [6.07, 6.45) is 3.43. The Balaban J connectivity index is 3.04. The third kappa shape index (κ3) is 2.94. The summed E-state index contributed by atoms with van der Waals surface area (Å²) in [5, 5.41) is 3.30. The van der Waals surface area contributed by atoms with Crippen molar-refractivity contribution in [3.8, 4) is 5.75 Å². The second-order valence-corrected chi connectivity index (χ2v) is 3.34. The van der Waals surface area contributed by atoms with Crippen molar-refractivity contribution in [2.75, 3.05) is 20.7 Å².